The Morgan fingerprint density at radius 1 is 1.17 bits per heavy atom. The lowest BCUT2D eigenvalue weighted by atomic mass is 9.96. The highest BCUT2D eigenvalue weighted by Gasteiger charge is 2.33. The predicted octanol–water partition coefficient (Wildman–Crippen LogP) is 3.35. The third kappa shape index (κ3) is 4.66. The van der Waals surface area contributed by atoms with Crippen LogP contribution in [0.1, 0.15) is 44.9 Å². The van der Waals surface area contributed by atoms with Crippen LogP contribution in [-0.4, -0.2) is 35.3 Å². The van der Waals surface area contributed by atoms with Crippen LogP contribution in [0.2, 0.25) is 0 Å². The summed E-state index contributed by atoms with van der Waals surface area (Å²) in [4.78, 5) is 33.7. The van der Waals surface area contributed by atoms with Gasteiger partial charge in [0, 0.05) is 30.4 Å². The highest BCUT2D eigenvalue weighted by atomic mass is 32.1. The lowest BCUT2D eigenvalue weighted by molar-refractivity contribution is -0.139. The van der Waals surface area contributed by atoms with Crippen molar-refractivity contribution < 1.29 is 14.6 Å². The van der Waals surface area contributed by atoms with Crippen LogP contribution in [0.15, 0.2) is 69.6 Å². The van der Waals surface area contributed by atoms with Crippen molar-refractivity contribution in [2.24, 2.45) is 4.99 Å². The molecule has 0 spiro atoms. The van der Waals surface area contributed by atoms with Gasteiger partial charge in [0.05, 0.1) is 28.5 Å². The summed E-state index contributed by atoms with van der Waals surface area (Å²) in [5, 5.41) is 10.7. The zero-order chi connectivity index (χ0) is 25.1. The molecule has 2 aromatic carbocycles. The number of phenols is 1. The van der Waals surface area contributed by atoms with Gasteiger partial charge in [-0.15, -0.1) is 0 Å². The Balaban J connectivity index is 1.87. The molecule has 0 fully saturated rings. The van der Waals surface area contributed by atoms with Crippen molar-refractivity contribution in [1.82, 2.24) is 4.57 Å². The first-order valence-corrected chi connectivity index (χ1v) is 12.5. The largest absolute Gasteiger partial charge is 0.507 e. The number of carbonyl (C=O) groups excluding carboxylic acids is 1. The smallest absolute Gasteiger partial charge is 0.338 e. The van der Waals surface area contributed by atoms with Gasteiger partial charge in [-0.05, 0) is 51.5 Å². The van der Waals surface area contributed by atoms with E-state index in [9.17, 15) is 14.7 Å². The molecular weight excluding hydrogens is 462 g/mol. The Bertz CT molecular complexity index is 1450. The summed E-state index contributed by atoms with van der Waals surface area (Å²) in [5.41, 5.74) is 2.86. The Morgan fingerprint density at radius 2 is 1.89 bits per heavy atom. The van der Waals surface area contributed by atoms with E-state index in [2.05, 4.69) is 23.7 Å². The van der Waals surface area contributed by atoms with Crippen LogP contribution in [-0.2, 0) is 9.53 Å². The highest BCUT2D eigenvalue weighted by molar-refractivity contribution is 7.07. The van der Waals surface area contributed by atoms with Crippen LogP contribution in [0.5, 0.6) is 5.75 Å². The maximum absolute atomic E-state index is 13.6. The van der Waals surface area contributed by atoms with Crippen LogP contribution < -0.4 is 19.8 Å². The molecule has 1 unspecified atom stereocenters. The molecular formula is C27H29N3O4S. The second kappa shape index (κ2) is 10.3. The van der Waals surface area contributed by atoms with Crippen molar-refractivity contribution in [3.8, 4) is 5.75 Å². The van der Waals surface area contributed by atoms with Crippen molar-refractivity contribution in [2.75, 3.05) is 24.6 Å². The molecule has 1 aromatic heterocycles. The van der Waals surface area contributed by atoms with E-state index in [-0.39, 0.29) is 17.9 Å². The number of ether oxygens (including phenoxy) is 1. The molecule has 0 bridgehead atoms. The quantitative estimate of drug-likeness (QED) is 0.513. The molecule has 4 rings (SSSR count). The predicted molar refractivity (Wildman–Crippen MR) is 139 cm³/mol. The monoisotopic (exact) mass is 491 g/mol. The van der Waals surface area contributed by atoms with Gasteiger partial charge >= 0.3 is 5.97 Å². The SMILES string of the molecule is CCOC(=O)C1=C(C)N=c2sc(=Cc3ccc(N(CC)CC)cc3O)c(=O)n2C1c1ccccc1. The van der Waals surface area contributed by atoms with Crippen molar-refractivity contribution in [2.45, 2.75) is 33.7 Å². The van der Waals surface area contributed by atoms with Gasteiger partial charge in [0.25, 0.3) is 5.56 Å². The molecule has 0 radical (unpaired) electrons. The molecule has 0 aliphatic carbocycles. The minimum Gasteiger partial charge on any atom is -0.507 e. The fourth-order valence-corrected chi connectivity index (χ4v) is 5.36. The van der Waals surface area contributed by atoms with Crippen molar-refractivity contribution in [1.29, 1.82) is 0 Å². The molecule has 2 heterocycles. The summed E-state index contributed by atoms with van der Waals surface area (Å²) in [7, 11) is 0. The lowest BCUT2D eigenvalue weighted by Gasteiger charge is -2.24. The number of aromatic hydroxyl groups is 1. The first-order chi connectivity index (χ1) is 16.9. The molecule has 35 heavy (non-hydrogen) atoms. The molecule has 0 saturated heterocycles. The average molecular weight is 492 g/mol. The van der Waals surface area contributed by atoms with Crippen LogP contribution in [0.25, 0.3) is 6.08 Å². The number of rotatable bonds is 7. The van der Waals surface area contributed by atoms with Crippen molar-refractivity contribution in [3.63, 3.8) is 0 Å². The number of esters is 1. The molecule has 0 saturated carbocycles. The Hall–Kier alpha value is -3.65. The number of anilines is 1. The summed E-state index contributed by atoms with van der Waals surface area (Å²) in [6.45, 7) is 9.51. The summed E-state index contributed by atoms with van der Waals surface area (Å²) >= 11 is 1.23. The molecule has 1 aliphatic rings. The number of allylic oxidation sites excluding steroid dienone is 1. The Morgan fingerprint density at radius 3 is 2.51 bits per heavy atom. The van der Waals surface area contributed by atoms with Crippen LogP contribution in [0.4, 0.5) is 5.69 Å². The fourth-order valence-electron chi connectivity index (χ4n) is 4.32. The van der Waals surface area contributed by atoms with E-state index in [1.165, 1.54) is 11.3 Å². The highest BCUT2D eigenvalue weighted by Crippen LogP contribution is 2.30. The third-order valence-corrected chi connectivity index (χ3v) is 7.04. The normalized spacial score (nSPS) is 15.5. The van der Waals surface area contributed by atoms with Gasteiger partial charge in [-0.2, -0.15) is 0 Å². The zero-order valence-corrected chi connectivity index (χ0v) is 21.1. The minimum absolute atomic E-state index is 0.100. The second-order valence-corrected chi connectivity index (χ2v) is 9.14. The van der Waals surface area contributed by atoms with E-state index in [4.69, 9.17) is 4.74 Å². The summed E-state index contributed by atoms with van der Waals surface area (Å²) in [6, 6.07) is 14.2. The number of phenolic OH excluding ortho intramolecular Hbond substituents is 1. The topological polar surface area (TPSA) is 84.1 Å². The number of nitrogens with zero attached hydrogens (tertiary/aromatic N) is 3. The molecule has 1 aliphatic heterocycles. The maximum Gasteiger partial charge on any atom is 0.338 e. The van der Waals surface area contributed by atoms with Crippen molar-refractivity contribution in [3.05, 3.63) is 90.6 Å². The number of hydrogen-bond donors (Lipinski definition) is 1. The van der Waals surface area contributed by atoms with Gasteiger partial charge in [-0.3, -0.25) is 9.36 Å². The Kier molecular flexibility index (Phi) is 7.21. The average Bonchev–Trinajstić information content (AvgIpc) is 3.15. The van der Waals surface area contributed by atoms with E-state index in [1.807, 2.05) is 42.5 Å². The first kappa shape index (κ1) is 24.5. The Labute approximate surface area is 207 Å². The second-order valence-electron chi connectivity index (χ2n) is 8.13. The number of carbonyl (C=O) groups is 1. The molecule has 3 aromatic rings. The van der Waals surface area contributed by atoms with Gasteiger partial charge < -0.3 is 14.7 Å². The molecule has 1 atom stereocenters. The molecule has 0 amide bonds. The van der Waals surface area contributed by atoms with Gasteiger partial charge in [0.15, 0.2) is 4.80 Å². The van der Waals surface area contributed by atoms with Crippen LogP contribution >= 0.6 is 11.3 Å². The zero-order valence-electron chi connectivity index (χ0n) is 20.3. The van der Waals surface area contributed by atoms with E-state index in [1.54, 1.807) is 30.6 Å². The molecule has 1 N–H and O–H groups in total. The number of benzene rings is 2. The van der Waals surface area contributed by atoms with Gasteiger partial charge in [0.2, 0.25) is 0 Å². The summed E-state index contributed by atoms with van der Waals surface area (Å²) in [5.74, 6) is -0.384. The van der Waals surface area contributed by atoms with Crippen molar-refractivity contribution >= 4 is 29.1 Å². The fraction of sp³-hybridized carbons (Fsp3) is 0.296. The van der Waals surface area contributed by atoms with Gasteiger partial charge in [0.1, 0.15) is 5.75 Å². The molecule has 7 nitrogen and oxygen atoms in total. The van der Waals surface area contributed by atoms with Gasteiger partial charge in [-0.1, -0.05) is 41.7 Å². The standard InChI is InChI=1S/C27H29N3O4S/c1-5-29(6-2)20-14-13-19(21(31)16-20)15-22-25(32)30-24(18-11-9-8-10-12-18)23(26(33)34-7-3)17(4)28-27(30)35-22/h8-16,24,31H,5-7H2,1-4H3. The first-order valence-electron chi connectivity index (χ1n) is 11.7. The summed E-state index contributed by atoms with van der Waals surface area (Å²) < 4.78 is 7.28. The van der Waals surface area contributed by atoms with Crippen LogP contribution in [0.3, 0.4) is 0 Å². The number of thiazole rings is 1. The van der Waals surface area contributed by atoms with Gasteiger partial charge in [-0.25, -0.2) is 9.79 Å². The number of hydrogen-bond acceptors (Lipinski definition) is 7. The number of fused-ring (bicyclic) bond motifs is 1. The van der Waals surface area contributed by atoms with E-state index < -0.39 is 12.0 Å². The molecule has 8 heteroatoms. The van der Waals surface area contributed by atoms with E-state index in [0.29, 0.717) is 26.2 Å². The molecule has 182 valence electrons. The van der Waals surface area contributed by atoms with E-state index in [0.717, 1.165) is 24.3 Å². The summed E-state index contributed by atoms with van der Waals surface area (Å²) in [6.07, 6.45) is 1.68. The van der Waals surface area contributed by atoms with Crippen LogP contribution in [0, 0.1) is 0 Å². The third-order valence-electron chi connectivity index (χ3n) is 6.06. The maximum atomic E-state index is 13.6. The number of aromatic nitrogens is 1. The lowest BCUT2D eigenvalue weighted by Crippen LogP contribution is -2.39. The minimum atomic E-state index is -0.646. The van der Waals surface area contributed by atoms with E-state index >= 15 is 0 Å².